The molecule has 9 heteroatoms. The topological polar surface area (TPSA) is 127 Å². The molecule has 0 aliphatic carbocycles. The van der Waals surface area contributed by atoms with E-state index >= 15 is 0 Å². The quantitative estimate of drug-likeness (QED) is 0.566. The third kappa shape index (κ3) is 2.15. The number of nitro groups is 1. The Labute approximate surface area is 134 Å². The van der Waals surface area contributed by atoms with Gasteiger partial charge in [0.15, 0.2) is 5.69 Å². The summed E-state index contributed by atoms with van der Waals surface area (Å²) < 4.78 is 0. The van der Waals surface area contributed by atoms with Gasteiger partial charge in [-0.15, -0.1) is 0 Å². The van der Waals surface area contributed by atoms with Crippen LogP contribution in [-0.4, -0.2) is 27.2 Å². The van der Waals surface area contributed by atoms with E-state index in [4.69, 9.17) is 0 Å². The first-order valence-electron chi connectivity index (χ1n) is 6.94. The number of nitrogens with zero attached hydrogens (tertiary/aromatic N) is 4. The van der Waals surface area contributed by atoms with Crippen LogP contribution in [0.2, 0.25) is 0 Å². The average Bonchev–Trinajstić information content (AvgIpc) is 3.21. The Balaban J connectivity index is 1.64. The number of aromatic amines is 1. The second-order valence-electron chi connectivity index (χ2n) is 5.10. The number of fused-ring (bicyclic) bond motifs is 3. The highest BCUT2D eigenvalue weighted by Crippen LogP contribution is 2.28. The van der Waals surface area contributed by atoms with Gasteiger partial charge in [-0.2, -0.15) is 15.6 Å². The Morgan fingerprint density at radius 3 is 2.71 bits per heavy atom. The summed E-state index contributed by atoms with van der Waals surface area (Å²) in [5, 5.41) is 24.7. The summed E-state index contributed by atoms with van der Waals surface area (Å²) in [5.74, 6) is -0.415. The van der Waals surface area contributed by atoms with Crippen LogP contribution < -0.4 is 10.7 Å². The number of nitrogens with one attached hydrogen (secondary N) is 2. The summed E-state index contributed by atoms with van der Waals surface area (Å²) in [6.07, 6.45) is 1.61. The minimum Gasteiger partial charge on any atom is -0.321 e. The third-order valence-electron chi connectivity index (χ3n) is 3.66. The fraction of sp³-hybridized carbons (Fsp3) is 0. The number of hydrogen-bond acceptors (Lipinski definition) is 5. The minimum absolute atomic E-state index is 0.0446. The van der Waals surface area contributed by atoms with E-state index in [1.54, 1.807) is 18.3 Å². The summed E-state index contributed by atoms with van der Waals surface area (Å²) in [7, 11) is 0. The van der Waals surface area contributed by atoms with E-state index in [1.807, 2.05) is 0 Å². The van der Waals surface area contributed by atoms with Crippen LogP contribution in [0.1, 0.15) is 16.1 Å². The molecule has 1 aliphatic heterocycles. The normalized spacial score (nSPS) is 12.0. The van der Waals surface area contributed by atoms with Gasteiger partial charge in [-0.05, 0) is 24.3 Å². The summed E-state index contributed by atoms with van der Waals surface area (Å²) in [5.41, 5.74) is 6.78. The first-order chi connectivity index (χ1) is 11.6. The van der Waals surface area contributed by atoms with Crippen LogP contribution in [-0.2, 0) is 0 Å². The van der Waals surface area contributed by atoms with E-state index < -0.39 is 10.8 Å². The highest BCUT2D eigenvalue weighted by atomic mass is 16.6. The number of benzene rings is 2. The number of rotatable bonds is 3. The molecule has 9 nitrogen and oxygen atoms in total. The summed E-state index contributed by atoms with van der Waals surface area (Å²) >= 11 is 0. The lowest BCUT2D eigenvalue weighted by Crippen LogP contribution is -2.12. The van der Waals surface area contributed by atoms with Gasteiger partial charge in [0.05, 0.1) is 22.3 Å². The molecule has 1 amide bonds. The van der Waals surface area contributed by atoms with Crippen molar-refractivity contribution in [3.63, 3.8) is 0 Å². The molecule has 0 fully saturated rings. The van der Waals surface area contributed by atoms with Gasteiger partial charge in [-0.1, -0.05) is 0 Å². The predicted molar refractivity (Wildman–Crippen MR) is 86.5 cm³/mol. The molecule has 2 aromatic carbocycles. The van der Waals surface area contributed by atoms with Crippen molar-refractivity contribution in [1.82, 2.24) is 15.6 Å². The molecule has 2 heterocycles. The second-order valence-corrected chi connectivity index (χ2v) is 5.10. The number of hydrogen-bond donors (Lipinski definition) is 2. The molecule has 4 rings (SSSR count). The van der Waals surface area contributed by atoms with Crippen molar-refractivity contribution >= 4 is 40.1 Å². The molecule has 3 aromatic rings. The van der Waals surface area contributed by atoms with E-state index in [0.717, 1.165) is 5.56 Å². The number of nitro benzene ring substituents is 1. The highest BCUT2D eigenvalue weighted by Gasteiger charge is 2.20. The summed E-state index contributed by atoms with van der Waals surface area (Å²) in [6.45, 7) is 0. The average molecular weight is 321 g/mol. The molecule has 1 aromatic heterocycles. The molecule has 0 saturated carbocycles. The lowest BCUT2D eigenvalue weighted by molar-refractivity contribution is -0.384. The maximum atomic E-state index is 12.4. The van der Waals surface area contributed by atoms with Gasteiger partial charge in [-0.25, -0.2) is 0 Å². The molecule has 0 saturated heterocycles. The minimum atomic E-state index is -0.500. The zero-order valence-electron chi connectivity index (χ0n) is 12.1. The molecular weight excluding hydrogens is 312 g/mol. The molecule has 0 spiro atoms. The molecule has 1 radical (unpaired) electrons. The van der Waals surface area contributed by atoms with Crippen LogP contribution in [0.4, 0.5) is 17.1 Å². The van der Waals surface area contributed by atoms with Crippen molar-refractivity contribution in [2.45, 2.75) is 0 Å². The van der Waals surface area contributed by atoms with Gasteiger partial charge in [0.25, 0.3) is 11.6 Å². The first-order valence-corrected chi connectivity index (χ1v) is 6.94. The van der Waals surface area contributed by atoms with Gasteiger partial charge < -0.3 is 5.32 Å². The van der Waals surface area contributed by atoms with Crippen molar-refractivity contribution in [2.24, 2.45) is 5.10 Å². The lowest BCUT2D eigenvalue weighted by atomic mass is 10.1. The zero-order valence-corrected chi connectivity index (χ0v) is 12.1. The summed E-state index contributed by atoms with van der Waals surface area (Å²) in [6, 6.07) is 9.10. The molecular formula is C15H9N6O3. The number of anilines is 1. The summed E-state index contributed by atoms with van der Waals surface area (Å²) in [4.78, 5) is 22.6. The largest absolute Gasteiger partial charge is 0.321 e. The molecule has 24 heavy (non-hydrogen) atoms. The van der Waals surface area contributed by atoms with Crippen LogP contribution >= 0.6 is 0 Å². The van der Waals surface area contributed by atoms with Crippen LogP contribution in [0.3, 0.4) is 0 Å². The van der Waals surface area contributed by atoms with Gasteiger partial charge in [-0.3, -0.25) is 20.0 Å². The standard InChI is InChI=1S/C15H9N6O3/c22-15(17-8-1-3-9(4-2-8)21(23)24)14-10-5-6-12-11(7-16-18-12)13(10)19-20-14/h1-7H,(H,17,22)(H,19,20). The molecule has 0 unspecified atom stereocenters. The number of aromatic nitrogens is 2. The van der Waals surface area contributed by atoms with E-state index in [2.05, 4.69) is 26.0 Å². The predicted octanol–water partition coefficient (Wildman–Crippen LogP) is 2.31. The van der Waals surface area contributed by atoms with Crippen LogP contribution in [0.25, 0.3) is 10.9 Å². The second kappa shape index (κ2) is 5.16. The van der Waals surface area contributed by atoms with Crippen molar-refractivity contribution in [3.8, 4) is 0 Å². The number of H-pyrrole nitrogens is 1. The van der Waals surface area contributed by atoms with Gasteiger partial charge in [0.1, 0.15) is 0 Å². The fourth-order valence-electron chi connectivity index (χ4n) is 2.49. The molecule has 0 atom stereocenters. The Kier molecular flexibility index (Phi) is 2.98. The Hall–Kier alpha value is -3.75. The maximum absolute atomic E-state index is 12.4. The van der Waals surface area contributed by atoms with Gasteiger partial charge >= 0.3 is 0 Å². The van der Waals surface area contributed by atoms with Gasteiger partial charge in [0, 0.05) is 28.8 Å². The smallest absolute Gasteiger partial charge is 0.276 e. The van der Waals surface area contributed by atoms with Gasteiger partial charge in [0.2, 0.25) is 0 Å². The highest BCUT2D eigenvalue weighted by molar-refractivity contribution is 6.14. The van der Waals surface area contributed by atoms with Crippen molar-refractivity contribution < 1.29 is 9.72 Å². The SMILES string of the molecule is O=C(Nc1ccc([N+](=O)[O-])cc1)c1n[nH]c2c3c(ccc12)[N]N=C3. The third-order valence-corrected chi connectivity index (χ3v) is 3.66. The van der Waals surface area contributed by atoms with E-state index in [9.17, 15) is 14.9 Å². The molecule has 1 aliphatic rings. The maximum Gasteiger partial charge on any atom is 0.276 e. The monoisotopic (exact) mass is 321 g/mol. The Morgan fingerprint density at radius 1 is 1.17 bits per heavy atom. The van der Waals surface area contributed by atoms with Crippen LogP contribution in [0.15, 0.2) is 41.5 Å². The van der Waals surface area contributed by atoms with Crippen LogP contribution in [0.5, 0.6) is 0 Å². The van der Waals surface area contributed by atoms with Crippen molar-refractivity contribution in [3.05, 3.63) is 57.8 Å². The Morgan fingerprint density at radius 2 is 1.96 bits per heavy atom. The first kappa shape index (κ1) is 13.9. The zero-order chi connectivity index (χ0) is 16.7. The fourth-order valence-corrected chi connectivity index (χ4v) is 2.49. The number of carbonyl (C=O) groups is 1. The van der Waals surface area contributed by atoms with Crippen LogP contribution in [0, 0.1) is 10.1 Å². The van der Waals surface area contributed by atoms with E-state index in [-0.39, 0.29) is 11.4 Å². The van der Waals surface area contributed by atoms with Crippen molar-refractivity contribution in [2.75, 3.05) is 5.32 Å². The number of non-ortho nitro benzene ring substituents is 1. The molecule has 2 N–H and O–H groups in total. The van der Waals surface area contributed by atoms with Crippen molar-refractivity contribution in [1.29, 1.82) is 0 Å². The number of amides is 1. The Bertz CT molecular complexity index is 1010. The molecule has 117 valence electrons. The molecule has 0 bridgehead atoms. The number of carbonyl (C=O) groups excluding carboxylic acids is 1. The van der Waals surface area contributed by atoms with E-state index in [0.29, 0.717) is 22.3 Å². The lowest BCUT2D eigenvalue weighted by Gasteiger charge is -2.03. The van der Waals surface area contributed by atoms with E-state index in [1.165, 1.54) is 24.3 Å².